The number of sulfonamides is 1. The van der Waals surface area contributed by atoms with Gasteiger partial charge in [-0.05, 0) is 140 Å². The van der Waals surface area contributed by atoms with Gasteiger partial charge < -0.3 is 40.5 Å². The number of nitrogens with zero attached hydrogens (tertiary/aromatic N) is 6. The topological polar surface area (TPSA) is 260 Å². The van der Waals surface area contributed by atoms with Gasteiger partial charge >= 0.3 is 5.51 Å². The highest BCUT2D eigenvalue weighted by atomic mass is 35.5. The van der Waals surface area contributed by atoms with E-state index in [0.717, 1.165) is 100 Å². The Kier molecular flexibility index (Phi) is 29.2. The molecule has 0 radical (unpaired) electrons. The van der Waals surface area contributed by atoms with Gasteiger partial charge in [0.05, 0.1) is 52.0 Å². The monoisotopic (exact) mass is 1580 g/mol. The third-order valence-corrected chi connectivity index (χ3v) is 25.7. The van der Waals surface area contributed by atoms with Gasteiger partial charge in [0.25, 0.3) is 25.8 Å². The second-order valence-corrected chi connectivity index (χ2v) is 35.4. The number of benzene rings is 5. The second-order valence-electron chi connectivity index (χ2n) is 29.4. The fourth-order valence-electron chi connectivity index (χ4n) is 14.1. The normalized spacial score (nSPS) is 18.0. The van der Waals surface area contributed by atoms with Gasteiger partial charge in [-0.15, -0.1) is 23.1 Å². The molecule has 5 aromatic carbocycles. The van der Waals surface area contributed by atoms with Crippen molar-refractivity contribution in [2.45, 2.75) is 169 Å². The number of thioether (sulfide) groups is 1. The first-order chi connectivity index (χ1) is 51.5. The summed E-state index contributed by atoms with van der Waals surface area (Å²) in [6, 6.07) is 31.0. The first kappa shape index (κ1) is 83.1. The molecule has 3 fully saturated rings. The summed E-state index contributed by atoms with van der Waals surface area (Å²) in [6.07, 6.45) is 8.11. The van der Waals surface area contributed by atoms with Crippen molar-refractivity contribution in [3.8, 4) is 10.4 Å². The number of carbonyl (C=O) groups is 5. The van der Waals surface area contributed by atoms with E-state index in [9.17, 15) is 59.1 Å². The van der Waals surface area contributed by atoms with Crippen LogP contribution in [0.4, 0.5) is 24.5 Å². The molecule has 584 valence electrons. The number of β-amino-alcohol motifs (C(OH)–C–C–N with tert-alkyl or cyclic N) is 1. The number of hydrogen-bond donors (Lipinski definition) is 5. The maximum absolute atomic E-state index is 14.4. The van der Waals surface area contributed by atoms with Gasteiger partial charge in [-0.25, -0.2) is 26.5 Å². The molecule has 29 heteroatoms. The van der Waals surface area contributed by atoms with E-state index in [-0.39, 0.29) is 48.7 Å². The lowest BCUT2D eigenvalue weighted by molar-refractivity contribution is -0.144. The molecule has 6 aromatic rings. The fraction of sp³-hybridized carbons (Fsp3) is 0.494. The van der Waals surface area contributed by atoms with E-state index in [1.54, 1.807) is 23.5 Å². The van der Waals surface area contributed by atoms with E-state index < -0.39 is 82.3 Å². The largest absolute Gasteiger partial charge is 0.501 e. The Bertz CT molecular complexity index is 4310. The summed E-state index contributed by atoms with van der Waals surface area (Å²) >= 11 is 9.33. The Balaban J connectivity index is 0.650. The molecular formula is C79H100ClF3N10O11S4. The summed E-state index contributed by atoms with van der Waals surface area (Å²) in [5, 5.41) is 20.4. The number of sulfone groups is 1. The van der Waals surface area contributed by atoms with Crippen LogP contribution >= 0.6 is 34.7 Å². The number of aromatic nitrogens is 1. The van der Waals surface area contributed by atoms with Crippen LogP contribution in [0.25, 0.3) is 16.0 Å². The van der Waals surface area contributed by atoms with Crippen LogP contribution in [0, 0.1) is 12.3 Å². The van der Waals surface area contributed by atoms with Crippen LogP contribution in [0.3, 0.4) is 0 Å². The summed E-state index contributed by atoms with van der Waals surface area (Å²) < 4.78 is 105. The molecule has 2 unspecified atom stereocenters. The maximum atomic E-state index is 14.4. The zero-order valence-electron chi connectivity index (χ0n) is 62.0. The number of anilines is 2. The number of aryl methyl sites for hydroxylation is 1. The lowest BCUT2D eigenvalue weighted by Crippen LogP contribution is -2.57. The number of likely N-dealkylation sites (tertiary alicyclic amines) is 1. The number of unbranched alkanes of at least 4 members (excludes halogenated alkanes) is 7. The van der Waals surface area contributed by atoms with Gasteiger partial charge in [-0.3, -0.25) is 33.8 Å². The number of alkyl halides is 3. The predicted octanol–water partition coefficient (Wildman–Crippen LogP) is 12.6. The summed E-state index contributed by atoms with van der Waals surface area (Å²) in [4.78, 5) is 83.1. The number of piperazine rings is 1. The summed E-state index contributed by atoms with van der Waals surface area (Å²) in [5.74, 6) is -1.61. The minimum absolute atomic E-state index is 0.00949. The van der Waals surface area contributed by atoms with Crippen LogP contribution < -0.4 is 25.6 Å². The zero-order valence-corrected chi connectivity index (χ0v) is 66.0. The summed E-state index contributed by atoms with van der Waals surface area (Å²) in [5.41, 5.74) is 1.94. The lowest BCUT2D eigenvalue weighted by atomic mass is 9.85. The number of ether oxygens (including phenoxy) is 1. The maximum Gasteiger partial charge on any atom is 0.501 e. The molecule has 10 rings (SSSR count). The van der Waals surface area contributed by atoms with Crippen molar-refractivity contribution in [3.05, 3.63) is 160 Å². The van der Waals surface area contributed by atoms with Crippen LogP contribution in [0.15, 0.2) is 147 Å². The van der Waals surface area contributed by atoms with E-state index in [1.807, 2.05) is 129 Å². The number of aliphatic hydroxyl groups excluding tert-OH is 1. The van der Waals surface area contributed by atoms with E-state index in [1.165, 1.54) is 34.4 Å². The third-order valence-electron chi connectivity index (χ3n) is 20.4. The highest BCUT2D eigenvalue weighted by Gasteiger charge is 2.49. The van der Waals surface area contributed by atoms with Crippen molar-refractivity contribution >= 4 is 101 Å². The Morgan fingerprint density at radius 2 is 1.41 bits per heavy atom. The molecule has 5 amide bonds. The quantitative estimate of drug-likeness (QED) is 0.0189. The number of halogens is 4. The molecule has 21 nitrogen and oxygen atoms in total. The van der Waals surface area contributed by atoms with Gasteiger partial charge in [0, 0.05) is 124 Å². The Labute approximate surface area is 646 Å². The van der Waals surface area contributed by atoms with E-state index in [2.05, 4.69) is 35.6 Å². The predicted molar refractivity (Wildman–Crippen MR) is 418 cm³/mol. The zero-order chi connectivity index (χ0) is 77.3. The smallest absolute Gasteiger partial charge is 0.391 e. The number of morpholine rings is 1. The fourth-order valence-corrected chi connectivity index (χ4v) is 18.1. The molecule has 0 aliphatic carbocycles. The number of amides is 5. The molecule has 5 N–H and O–H groups in total. The van der Waals surface area contributed by atoms with Gasteiger partial charge in [0.15, 0.2) is 0 Å². The molecular weight excluding hydrogens is 1490 g/mol. The molecule has 108 heavy (non-hydrogen) atoms. The first-order valence-corrected chi connectivity index (χ1v) is 42.4. The average Bonchev–Trinajstić information content (AvgIpc) is 0.950. The molecule has 3 saturated heterocycles. The van der Waals surface area contributed by atoms with E-state index >= 15 is 0 Å². The van der Waals surface area contributed by atoms with Gasteiger partial charge in [-0.1, -0.05) is 125 Å². The van der Waals surface area contributed by atoms with E-state index in [4.69, 9.17) is 16.3 Å². The van der Waals surface area contributed by atoms with Crippen molar-refractivity contribution in [1.29, 1.82) is 0 Å². The van der Waals surface area contributed by atoms with Crippen LogP contribution in [0.5, 0.6) is 0 Å². The molecule has 4 aliphatic rings. The SMILES string of the molecule is Cc1ncsc1-c1ccc([C@H](C)NC(=O)[C@@H]2C[C@@H](O)CN2C(=O)C(NC(=O)CCCCCCCCCCC(=O)N2CCC(c3ccc(Cl)cc3)=C(CN3CCN(c4ccc(C(=O)NS(=O)(=O)c5ccc(NC(CCN6CCOCC6)CSc6ccccc6)c(S(=O)(=O)C(F)(F)F)c5)cc4)CC3)C2)C(C)(C)C)cc1. The number of thiazole rings is 1. The summed E-state index contributed by atoms with van der Waals surface area (Å²) in [6.45, 7) is 16.7. The molecule has 5 atom stereocenters. The van der Waals surface area contributed by atoms with Crippen molar-refractivity contribution in [2.75, 3.05) is 101 Å². The second kappa shape index (κ2) is 38.0. The van der Waals surface area contributed by atoms with E-state index in [0.29, 0.717) is 121 Å². The minimum atomic E-state index is -6.11. The van der Waals surface area contributed by atoms with Crippen molar-refractivity contribution < 1.29 is 63.8 Å². The highest BCUT2D eigenvalue weighted by Crippen LogP contribution is 2.38. The molecule has 0 saturated carbocycles. The third kappa shape index (κ3) is 22.7. The number of nitrogens with one attached hydrogen (secondary N) is 4. The summed E-state index contributed by atoms with van der Waals surface area (Å²) in [7, 11) is -11.0. The Morgan fingerprint density at radius 1 is 0.759 bits per heavy atom. The number of rotatable bonds is 33. The van der Waals surface area contributed by atoms with Crippen molar-refractivity contribution in [3.63, 3.8) is 0 Å². The Hall–Kier alpha value is -7.41. The van der Waals surface area contributed by atoms with Crippen LogP contribution in [-0.2, 0) is 43.8 Å². The standard InChI is InChI=1S/C79H100ClF3N10O11S4/c1-54(56-21-23-58(24-22-56)73-55(2)84-53-106-73)85-76(98)69-47-64(94)51-93(69)77(99)74(78(3,4)5)87-71(95)19-15-10-8-6-7-9-11-16-20-72(96)92-38-36-67(57-25-29-61(80)30-26-57)60(50-92)49-90-39-41-91(42-40-90)63-31-27-59(28-32-63)75(97)88-108(102,103)66-33-34-68(70(48-66)107(100,101)79(81,82)83)86-62(35-37-89-43-45-104-46-44-89)52-105-65-17-13-12-14-18-65/h12-14,17-18,21-34,48,53-54,62,64,69,74,86,94H,6-11,15-16,19-20,35-47,49-52H2,1-5H3,(H,85,98)(H,87,95)(H,88,97)/t54-,62?,64+,69-,74?/m0/s1. The average molecular weight is 1590 g/mol. The Morgan fingerprint density at radius 3 is 2.05 bits per heavy atom. The molecule has 5 heterocycles. The number of carbonyl (C=O) groups excluding carboxylic acids is 5. The van der Waals surface area contributed by atoms with Crippen LogP contribution in [-0.4, -0.2) is 197 Å². The molecule has 0 bridgehead atoms. The lowest BCUT2D eigenvalue weighted by Gasteiger charge is -2.39. The van der Waals surface area contributed by atoms with Crippen molar-refractivity contribution in [2.24, 2.45) is 5.41 Å². The number of hydrogen-bond acceptors (Lipinski definition) is 18. The van der Waals surface area contributed by atoms with Gasteiger partial charge in [0.2, 0.25) is 23.6 Å². The van der Waals surface area contributed by atoms with Crippen LogP contribution in [0.1, 0.15) is 144 Å². The van der Waals surface area contributed by atoms with Crippen LogP contribution in [0.2, 0.25) is 5.02 Å². The number of aliphatic hydroxyl groups is 1. The minimum Gasteiger partial charge on any atom is -0.391 e. The molecule has 1 aromatic heterocycles. The first-order valence-electron chi connectivity index (χ1n) is 37.2. The van der Waals surface area contributed by atoms with Crippen molar-refractivity contribution in [1.82, 2.24) is 39.9 Å². The molecule has 4 aliphatic heterocycles. The van der Waals surface area contributed by atoms with Gasteiger partial charge in [0.1, 0.15) is 17.0 Å². The van der Waals surface area contributed by atoms with Gasteiger partial charge in [-0.2, -0.15) is 13.2 Å². The molecule has 0 spiro atoms. The highest BCUT2D eigenvalue weighted by molar-refractivity contribution is 7.99.